The predicted octanol–water partition coefficient (Wildman–Crippen LogP) is 2.23. The van der Waals surface area contributed by atoms with E-state index in [4.69, 9.17) is 5.73 Å². The summed E-state index contributed by atoms with van der Waals surface area (Å²) >= 11 is 0. The molecule has 0 aliphatic carbocycles. The second-order valence-corrected chi connectivity index (χ2v) is 4.56. The number of nitrogens with zero attached hydrogens (tertiary/aromatic N) is 1. The monoisotopic (exact) mass is 286 g/mol. The number of nitrogens with two attached hydrogens (primary N) is 1. The molecule has 0 radical (unpaired) electrons. The normalized spacial score (nSPS) is 12.3. The van der Waals surface area contributed by atoms with Gasteiger partial charge < -0.3 is 15.4 Å². The highest BCUT2D eigenvalue weighted by Crippen LogP contribution is 2.16. The lowest BCUT2D eigenvalue weighted by Gasteiger charge is -2.22. The van der Waals surface area contributed by atoms with Crippen LogP contribution < -0.4 is 10.5 Å². The molecule has 1 aromatic rings. The first-order chi connectivity index (χ1) is 9.47. The van der Waals surface area contributed by atoms with E-state index in [1.54, 1.807) is 24.1 Å². The van der Waals surface area contributed by atoms with Crippen molar-refractivity contribution < 1.29 is 18.3 Å². The Morgan fingerprint density at radius 2 is 1.95 bits per heavy atom. The summed E-state index contributed by atoms with van der Waals surface area (Å²) in [4.78, 5) is 13.6. The largest absolute Gasteiger partial charge is 0.435 e. The van der Waals surface area contributed by atoms with Gasteiger partial charge in [-0.05, 0) is 24.1 Å². The number of hydrogen-bond donors (Lipinski definition) is 1. The second kappa shape index (κ2) is 7.79. The van der Waals surface area contributed by atoms with Gasteiger partial charge in [0, 0.05) is 20.1 Å². The van der Waals surface area contributed by atoms with Crippen molar-refractivity contribution in [3.05, 3.63) is 29.8 Å². The third-order valence-electron chi connectivity index (χ3n) is 3.07. The van der Waals surface area contributed by atoms with Crippen LogP contribution in [0.4, 0.5) is 8.78 Å². The summed E-state index contributed by atoms with van der Waals surface area (Å²) in [5.74, 6) is -0.0875. The first-order valence-corrected chi connectivity index (χ1v) is 6.46. The maximum absolute atomic E-state index is 12.0. The number of amides is 1. The van der Waals surface area contributed by atoms with Crippen molar-refractivity contribution in [1.29, 1.82) is 0 Å². The minimum Gasteiger partial charge on any atom is -0.435 e. The first kappa shape index (κ1) is 16.4. The average Bonchev–Trinajstić information content (AvgIpc) is 2.41. The average molecular weight is 286 g/mol. The van der Waals surface area contributed by atoms with Crippen LogP contribution in [0.3, 0.4) is 0 Å². The van der Waals surface area contributed by atoms with Crippen molar-refractivity contribution in [2.45, 2.75) is 26.5 Å². The summed E-state index contributed by atoms with van der Waals surface area (Å²) in [6, 6.07) is 6.23. The van der Waals surface area contributed by atoms with E-state index in [0.29, 0.717) is 19.5 Å². The number of rotatable bonds is 7. The van der Waals surface area contributed by atoms with Crippen molar-refractivity contribution in [2.24, 2.45) is 11.7 Å². The van der Waals surface area contributed by atoms with Crippen LogP contribution >= 0.6 is 0 Å². The number of carbonyl (C=O) groups is 1. The molecule has 0 aromatic heterocycles. The van der Waals surface area contributed by atoms with E-state index < -0.39 is 6.61 Å². The fraction of sp³-hybridized carbons (Fsp3) is 0.500. The van der Waals surface area contributed by atoms with Crippen molar-refractivity contribution in [3.8, 4) is 5.75 Å². The zero-order valence-electron chi connectivity index (χ0n) is 11.7. The smallest absolute Gasteiger partial charge is 0.387 e. The molecule has 1 aromatic carbocycles. The Morgan fingerprint density at radius 1 is 1.35 bits per heavy atom. The standard InChI is InChI=1S/C14H20F2N2O2/c1-3-11(8-17)13(19)18(2)9-10-4-6-12(7-5-10)20-14(15)16/h4-7,11,14H,3,8-9,17H2,1-2H3. The molecular formula is C14H20F2N2O2. The molecule has 0 heterocycles. The highest BCUT2D eigenvalue weighted by molar-refractivity contribution is 5.78. The van der Waals surface area contributed by atoms with E-state index in [1.807, 2.05) is 6.92 Å². The summed E-state index contributed by atoms with van der Waals surface area (Å²) in [7, 11) is 1.70. The molecule has 0 aliphatic rings. The molecule has 0 fully saturated rings. The van der Waals surface area contributed by atoms with E-state index in [2.05, 4.69) is 4.74 Å². The van der Waals surface area contributed by atoms with Crippen LogP contribution in [-0.2, 0) is 11.3 Å². The summed E-state index contributed by atoms with van der Waals surface area (Å²) < 4.78 is 28.3. The number of carbonyl (C=O) groups excluding carboxylic acids is 1. The number of alkyl halides is 2. The van der Waals surface area contributed by atoms with E-state index in [-0.39, 0.29) is 17.6 Å². The summed E-state index contributed by atoms with van der Waals surface area (Å²) in [6.07, 6.45) is 0.695. The minimum atomic E-state index is -2.83. The van der Waals surface area contributed by atoms with Crippen molar-refractivity contribution in [1.82, 2.24) is 4.90 Å². The van der Waals surface area contributed by atoms with Gasteiger partial charge in [0.25, 0.3) is 0 Å². The van der Waals surface area contributed by atoms with E-state index >= 15 is 0 Å². The van der Waals surface area contributed by atoms with Crippen molar-refractivity contribution in [2.75, 3.05) is 13.6 Å². The first-order valence-electron chi connectivity index (χ1n) is 6.46. The summed E-state index contributed by atoms with van der Waals surface area (Å²) in [6.45, 7) is -0.190. The lowest BCUT2D eigenvalue weighted by molar-refractivity contribution is -0.134. The Hall–Kier alpha value is -1.69. The quantitative estimate of drug-likeness (QED) is 0.836. The Labute approximate surface area is 117 Å². The molecule has 0 saturated carbocycles. The fourth-order valence-corrected chi connectivity index (χ4v) is 1.88. The van der Waals surface area contributed by atoms with Crippen LogP contribution in [0.5, 0.6) is 5.75 Å². The van der Waals surface area contributed by atoms with Crippen LogP contribution in [-0.4, -0.2) is 31.0 Å². The molecule has 0 saturated heterocycles. The van der Waals surface area contributed by atoms with Gasteiger partial charge in [-0.3, -0.25) is 4.79 Å². The van der Waals surface area contributed by atoms with Crippen LogP contribution in [0.2, 0.25) is 0 Å². The molecule has 1 unspecified atom stereocenters. The molecular weight excluding hydrogens is 266 g/mol. The van der Waals surface area contributed by atoms with E-state index in [9.17, 15) is 13.6 Å². The number of hydrogen-bond acceptors (Lipinski definition) is 3. The fourth-order valence-electron chi connectivity index (χ4n) is 1.88. The maximum Gasteiger partial charge on any atom is 0.387 e. The molecule has 0 aliphatic heterocycles. The third kappa shape index (κ3) is 4.77. The highest BCUT2D eigenvalue weighted by Gasteiger charge is 2.18. The van der Waals surface area contributed by atoms with Gasteiger partial charge in [0.2, 0.25) is 5.91 Å². The topological polar surface area (TPSA) is 55.6 Å². The second-order valence-electron chi connectivity index (χ2n) is 4.56. The summed E-state index contributed by atoms with van der Waals surface area (Å²) in [5, 5.41) is 0. The summed E-state index contributed by atoms with van der Waals surface area (Å²) in [5.41, 5.74) is 6.39. The molecule has 4 nitrogen and oxygen atoms in total. The molecule has 20 heavy (non-hydrogen) atoms. The Kier molecular flexibility index (Phi) is 6.38. The molecule has 6 heteroatoms. The molecule has 1 atom stereocenters. The third-order valence-corrected chi connectivity index (χ3v) is 3.07. The molecule has 0 spiro atoms. The van der Waals surface area contributed by atoms with Crippen LogP contribution in [0.1, 0.15) is 18.9 Å². The Morgan fingerprint density at radius 3 is 2.40 bits per heavy atom. The van der Waals surface area contributed by atoms with Crippen LogP contribution in [0.25, 0.3) is 0 Å². The van der Waals surface area contributed by atoms with Crippen molar-refractivity contribution >= 4 is 5.91 Å². The number of benzene rings is 1. The number of ether oxygens (including phenoxy) is 1. The van der Waals surface area contributed by atoms with Crippen molar-refractivity contribution in [3.63, 3.8) is 0 Å². The molecule has 1 amide bonds. The molecule has 1 rings (SSSR count). The van der Waals surface area contributed by atoms with Crippen LogP contribution in [0.15, 0.2) is 24.3 Å². The lowest BCUT2D eigenvalue weighted by Crippen LogP contribution is -2.35. The minimum absolute atomic E-state index is 0.0112. The van der Waals surface area contributed by atoms with Gasteiger partial charge in [0.15, 0.2) is 0 Å². The number of halogens is 2. The van der Waals surface area contributed by atoms with Gasteiger partial charge in [0.1, 0.15) is 5.75 Å². The highest BCUT2D eigenvalue weighted by atomic mass is 19.3. The van der Waals surface area contributed by atoms with Crippen LogP contribution in [0, 0.1) is 5.92 Å². The molecule has 112 valence electrons. The van der Waals surface area contributed by atoms with Gasteiger partial charge in [-0.25, -0.2) is 0 Å². The zero-order valence-corrected chi connectivity index (χ0v) is 11.7. The zero-order chi connectivity index (χ0) is 15.1. The molecule has 2 N–H and O–H groups in total. The SMILES string of the molecule is CCC(CN)C(=O)N(C)Cc1ccc(OC(F)F)cc1. The van der Waals surface area contributed by atoms with E-state index in [1.165, 1.54) is 12.1 Å². The predicted molar refractivity (Wildman–Crippen MR) is 72.4 cm³/mol. The maximum atomic E-state index is 12.0. The lowest BCUT2D eigenvalue weighted by atomic mass is 10.1. The van der Waals surface area contributed by atoms with Gasteiger partial charge in [-0.15, -0.1) is 0 Å². The molecule has 0 bridgehead atoms. The Balaban J connectivity index is 2.61. The van der Waals surface area contributed by atoms with Gasteiger partial charge in [-0.1, -0.05) is 19.1 Å². The van der Waals surface area contributed by atoms with Gasteiger partial charge in [0.05, 0.1) is 5.92 Å². The van der Waals surface area contributed by atoms with E-state index in [0.717, 1.165) is 5.56 Å². The van der Waals surface area contributed by atoms with Gasteiger partial charge in [-0.2, -0.15) is 8.78 Å². The van der Waals surface area contributed by atoms with Gasteiger partial charge >= 0.3 is 6.61 Å². The Bertz CT molecular complexity index is 420.